The first-order chi connectivity index (χ1) is 6.43. The van der Waals surface area contributed by atoms with Crippen LogP contribution in [0.25, 0.3) is 0 Å². The Morgan fingerprint density at radius 1 is 1.00 bits per heavy atom. The van der Waals surface area contributed by atoms with Crippen LogP contribution in [0, 0.1) is 0 Å². The van der Waals surface area contributed by atoms with Crippen molar-refractivity contribution in [3.05, 3.63) is 30.3 Å². The van der Waals surface area contributed by atoms with Gasteiger partial charge in [0.25, 0.3) is 0 Å². The maximum Gasteiger partial charge on any atom is 0.0889 e. The molecule has 0 amide bonds. The van der Waals surface area contributed by atoms with Gasteiger partial charge >= 0.3 is 0 Å². The van der Waals surface area contributed by atoms with Gasteiger partial charge in [0.05, 0.1) is 11.5 Å². The lowest BCUT2D eigenvalue weighted by atomic mass is 10.2. The monoisotopic (exact) mass is 274 g/mol. The molecule has 0 saturated carbocycles. The Kier molecular flexibility index (Phi) is 9.77. The molecule has 0 aliphatic heterocycles. The zero-order valence-electron chi connectivity index (χ0n) is 8.88. The van der Waals surface area contributed by atoms with Crippen LogP contribution in [0.1, 0.15) is 32.6 Å². The minimum atomic E-state index is 0. The average Bonchev–Trinajstić information content (AvgIpc) is 2.19. The van der Waals surface area contributed by atoms with Crippen LogP contribution in [-0.4, -0.2) is 6.16 Å². The Morgan fingerprint density at radius 3 is 2.36 bits per heavy atom. The van der Waals surface area contributed by atoms with Crippen molar-refractivity contribution in [3.63, 3.8) is 0 Å². The Hall–Kier alpha value is 0.130. The van der Waals surface area contributed by atoms with Gasteiger partial charge in [0.1, 0.15) is 0 Å². The second kappa shape index (κ2) is 9.68. The van der Waals surface area contributed by atoms with E-state index in [4.69, 9.17) is 0 Å². The van der Waals surface area contributed by atoms with E-state index in [-0.39, 0.29) is 17.0 Å². The molecule has 0 aromatic heterocycles. The number of unbranched alkanes of at least 4 members (excludes halogenated alkanes) is 3. The zero-order chi connectivity index (χ0) is 9.36. The number of hydrogen-bond acceptors (Lipinski definition) is 0. The Morgan fingerprint density at radius 2 is 1.71 bits per heavy atom. The van der Waals surface area contributed by atoms with E-state index in [1.54, 1.807) is 5.30 Å². The molecule has 0 heterocycles. The molecule has 0 aliphatic carbocycles. The molecule has 0 bridgehead atoms. The standard InChI is InChI=1S/C12H19P.BrH/c1-2-3-4-8-11-13-12-9-6-5-7-10-12;/h5-7,9-10,13H,2-4,8,11H2,1H3;1H. The summed E-state index contributed by atoms with van der Waals surface area (Å²) in [6.07, 6.45) is 7.05. The summed E-state index contributed by atoms with van der Waals surface area (Å²) < 4.78 is 0. The molecule has 0 aliphatic rings. The molecule has 0 fully saturated rings. The zero-order valence-corrected chi connectivity index (χ0v) is 11.6. The Balaban J connectivity index is 0.00000169. The van der Waals surface area contributed by atoms with Crippen molar-refractivity contribution in [2.24, 2.45) is 0 Å². The van der Waals surface area contributed by atoms with E-state index in [1.807, 2.05) is 0 Å². The van der Waals surface area contributed by atoms with Crippen molar-refractivity contribution in [1.29, 1.82) is 0 Å². The molecule has 0 spiro atoms. The maximum atomic E-state index is 2.27. The summed E-state index contributed by atoms with van der Waals surface area (Å²) in [7, 11) is 0.538. The van der Waals surface area contributed by atoms with Crippen molar-refractivity contribution >= 4 is 13.9 Å². The fourth-order valence-electron chi connectivity index (χ4n) is 1.43. The second-order valence-corrected chi connectivity index (χ2v) is 5.12. The summed E-state index contributed by atoms with van der Waals surface area (Å²) in [5.74, 6) is 0. The highest BCUT2D eigenvalue weighted by atomic mass is 79.9. The van der Waals surface area contributed by atoms with E-state index in [1.165, 1.54) is 31.8 Å². The van der Waals surface area contributed by atoms with Crippen LogP contribution >= 0.6 is 8.58 Å². The number of benzene rings is 1. The third kappa shape index (κ3) is 6.56. The molecule has 1 unspecified atom stereocenters. The minimum absolute atomic E-state index is 0. The van der Waals surface area contributed by atoms with Crippen molar-refractivity contribution < 1.29 is 17.0 Å². The van der Waals surface area contributed by atoms with Crippen LogP contribution in [0.3, 0.4) is 0 Å². The van der Waals surface area contributed by atoms with Crippen molar-refractivity contribution in [2.45, 2.75) is 32.6 Å². The first-order valence-corrected chi connectivity index (χ1v) is 6.71. The quantitative estimate of drug-likeness (QED) is 0.518. The number of halogens is 1. The summed E-state index contributed by atoms with van der Waals surface area (Å²) in [6, 6.07) is 10.9. The molecule has 1 aromatic rings. The number of rotatable bonds is 6. The molecular weight excluding hydrogens is 255 g/mol. The van der Waals surface area contributed by atoms with E-state index in [2.05, 4.69) is 37.3 Å². The summed E-state index contributed by atoms with van der Waals surface area (Å²) in [6.45, 7) is 2.27. The third-order valence-corrected chi connectivity index (χ3v) is 3.79. The van der Waals surface area contributed by atoms with Gasteiger partial charge in [0, 0.05) is 8.58 Å². The largest absolute Gasteiger partial charge is 1.00 e. The van der Waals surface area contributed by atoms with Gasteiger partial charge in [-0.3, -0.25) is 0 Å². The first kappa shape index (κ1) is 14.1. The summed E-state index contributed by atoms with van der Waals surface area (Å²) in [5.41, 5.74) is 0. The highest BCUT2D eigenvalue weighted by molar-refractivity contribution is 7.47. The minimum Gasteiger partial charge on any atom is -1.00 e. The van der Waals surface area contributed by atoms with Crippen molar-refractivity contribution in [3.8, 4) is 0 Å². The van der Waals surface area contributed by atoms with E-state index in [0.717, 1.165) is 0 Å². The highest BCUT2D eigenvalue weighted by Crippen LogP contribution is 2.13. The Labute approximate surface area is 100 Å². The molecule has 2 heteroatoms. The van der Waals surface area contributed by atoms with Gasteiger partial charge in [-0.15, -0.1) is 0 Å². The summed E-state index contributed by atoms with van der Waals surface area (Å²) >= 11 is 0. The van der Waals surface area contributed by atoms with E-state index in [0.29, 0.717) is 8.58 Å². The fraction of sp³-hybridized carbons (Fsp3) is 0.500. The van der Waals surface area contributed by atoms with Gasteiger partial charge in [0.15, 0.2) is 0 Å². The van der Waals surface area contributed by atoms with Crippen molar-refractivity contribution in [1.82, 2.24) is 0 Å². The highest BCUT2D eigenvalue weighted by Gasteiger charge is 1.97. The van der Waals surface area contributed by atoms with Gasteiger partial charge in [-0.05, 0) is 25.0 Å². The molecule has 1 rings (SSSR count). The lowest BCUT2D eigenvalue weighted by Gasteiger charge is -1.95. The Bertz CT molecular complexity index is 211. The first-order valence-electron chi connectivity index (χ1n) is 5.31. The fourth-order valence-corrected chi connectivity index (χ4v) is 2.75. The van der Waals surface area contributed by atoms with Gasteiger partial charge in [-0.1, -0.05) is 38.0 Å². The van der Waals surface area contributed by atoms with Crippen LogP contribution in [-0.2, 0) is 0 Å². The predicted molar refractivity (Wildman–Crippen MR) is 64.8 cm³/mol. The number of hydrogen-bond donors (Lipinski definition) is 0. The lowest BCUT2D eigenvalue weighted by Crippen LogP contribution is -3.00. The van der Waals surface area contributed by atoms with Crippen LogP contribution in [0.15, 0.2) is 30.3 Å². The van der Waals surface area contributed by atoms with Gasteiger partial charge < -0.3 is 17.0 Å². The predicted octanol–water partition coefficient (Wildman–Crippen LogP) is 0.307. The smallest absolute Gasteiger partial charge is 0.0889 e. The molecule has 1 atom stereocenters. The summed E-state index contributed by atoms with van der Waals surface area (Å²) in [4.78, 5) is 0. The molecule has 14 heavy (non-hydrogen) atoms. The topological polar surface area (TPSA) is 0 Å². The van der Waals surface area contributed by atoms with Crippen molar-refractivity contribution in [2.75, 3.05) is 6.16 Å². The van der Waals surface area contributed by atoms with E-state index in [9.17, 15) is 0 Å². The SMILES string of the molecule is CCCCCC[PH2+]c1ccccc1.[Br-]. The molecule has 0 radical (unpaired) electrons. The molecule has 0 N–H and O–H groups in total. The van der Waals surface area contributed by atoms with Gasteiger partial charge in [0.2, 0.25) is 0 Å². The normalized spacial score (nSPS) is 10.4. The second-order valence-electron chi connectivity index (χ2n) is 3.46. The van der Waals surface area contributed by atoms with E-state index < -0.39 is 0 Å². The van der Waals surface area contributed by atoms with Crippen LogP contribution < -0.4 is 22.3 Å². The molecule has 80 valence electrons. The van der Waals surface area contributed by atoms with E-state index >= 15 is 0 Å². The molecule has 0 nitrogen and oxygen atoms in total. The lowest BCUT2D eigenvalue weighted by molar-refractivity contribution is -0.00000268. The van der Waals surface area contributed by atoms with Crippen LogP contribution in [0.5, 0.6) is 0 Å². The third-order valence-electron chi connectivity index (χ3n) is 2.24. The maximum absolute atomic E-state index is 2.27. The summed E-state index contributed by atoms with van der Waals surface area (Å²) in [5, 5.41) is 1.57. The molecule has 1 aromatic carbocycles. The molecule has 0 saturated heterocycles. The van der Waals surface area contributed by atoms with Gasteiger partial charge in [-0.25, -0.2) is 0 Å². The van der Waals surface area contributed by atoms with Crippen LogP contribution in [0.2, 0.25) is 0 Å². The molecular formula is C12H20BrP. The van der Waals surface area contributed by atoms with Gasteiger partial charge in [-0.2, -0.15) is 0 Å². The average molecular weight is 275 g/mol. The van der Waals surface area contributed by atoms with Crippen LogP contribution in [0.4, 0.5) is 0 Å².